The molecule has 0 aromatic heterocycles. The number of nitrogens with zero attached hydrogens (tertiary/aromatic N) is 3. The molecule has 0 heterocycles. The molecule has 3 unspecified atom stereocenters. The molecule has 0 radical (unpaired) electrons. The Balaban J connectivity index is 1.93. The first-order valence-electron chi connectivity index (χ1n) is 13.3. The van der Waals surface area contributed by atoms with Gasteiger partial charge in [-0.05, 0) is 63.5 Å². The fourth-order valence-corrected chi connectivity index (χ4v) is 6.87. The molecule has 39 heavy (non-hydrogen) atoms. The van der Waals surface area contributed by atoms with E-state index in [1.54, 1.807) is 19.0 Å². The lowest BCUT2D eigenvalue weighted by Crippen LogP contribution is -2.62. The molecule has 1 amide bonds. The van der Waals surface area contributed by atoms with E-state index in [1.807, 2.05) is 38.9 Å². The molecule has 7 N–H and O–H groups in total. The number of hydrogen-bond acceptors (Lipinski definition) is 10. The van der Waals surface area contributed by atoms with Crippen molar-refractivity contribution >= 4 is 23.1 Å². The van der Waals surface area contributed by atoms with Gasteiger partial charge >= 0.3 is 0 Å². The summed E-state index contributed by atoms with van der Waals surface area (Å²) in [5.74, 6) is -8.99. The summed E-state index contributed by atoms with van der Waals surface area (Å²) in [4.78, 5) is 31.9. The van der Waals surface area contributed by atoms with Crippen LogP contribution in [0.25, 0.3) is 5.76 Å². The molecule has 0 spiro atoms. The van der Waals surface area contributed by atoms with Crippen molar-refractivity contribution in [2.24, 2.45) is 23.5 Å². The Morgan fingerprint density at radius 3 is 2.23 bits per heavy atom. The molecule has 3 aliphatic rings. The van der Waals surface area contributed by atoms with Gasteiger partial charge in [0.2, 0.25) is 5.79 Å². The molecule has 214 valence electrons. The topological polar surface area (TPSA) is 171 Å². The summed E-state index contributed by atoms with van der Waals surface area (Å²) >= 11 is 0. The first-order chi connectivity index (χ1) is 18.2. The Morgan fingerprint density at radius 1 is 1.10 bits per heavy atom. The molecule has 4 atom stereocenters. The van der Waals surface area contributed by atoms with E-state index in [2.05, 4.69) is 4.90 Å². The predicted octanol–water partition coefficient (Wildman–Crippen LogP) is 0.869. The van der Waals surface area contributed by atoms with Gasteiger partial charge in [0, 0.05) is 37.5 Å². The van der Waals surface area contributed by atoms with Crippen molar-refractivity contribution < 1.29 is 35.1 Å². The standard InChI is InChI=1S/C28H40N4O7/c1-7-32(8-2)12-14-11-17(30(3)4)15-9-13-10-16-20(25(35)18(13)24(34)19(15)23(14)33)28(38,39)21(27(29)37)26(36)22(16)31(5)6/h11,13,16,20,22,33-34,36,38-39H,7-10,12H2,1-6H3,(H2,29,37)/t13?,16?,20?,22-/m1/s1. The highest BCUT2D eigenvalue weighted by Gasteiger charge is 2.62. The van der Waals surface area contributed by atoms with Crippen LogP contribution in [0.1, 0.15) is 37.0 Å². The molecule has 1 fully saturated rings. The maximum Gasteiger partial charge on any atom is 0.253 e. The number of likely N-dealkylation sites (N-methyl/N-ethyl adjacent to an activating group) is 1. The fraction of sp³-hybridized carbons (Fsp3) is 0.571. The number of Topliss-reactive ketones (excluding diaryl/α,β-unsaturated/α-hetero) is 1. The predicted molar refractivity (Wildman–Crippen MR) is 146 cm³/mol. The first kappa shape index (κ1) is 28.9. The minimum absolute atomic E-state index is 0.0149. The number of amides is 1. The van der Waals surface area contributed by atoms with E-state index < -0.39 is 58.4 Å². The number of hydrogen-bond donors (Lipinski definition) is 6. The van der Waals surface area contributed by atoms with Gasteiger partial charge < -0.3 is 36.2 Å². The zero-order valence-electron chi connectivity index (χ0n) is 23.4. The summed E-state index contributed by atoms with van der Waals surface area (Å²) in [5.41, 5.74) is 6.83. The minimum atomic E-state index is -3.04. The summed E-state index contributed by atoms with van der Waals surface area (Å²) in [6.07, 6.45) is 0.527. The molecule has 0 aliphatic heterocycles. The second kappa shape index (κ2) is 10.1. The second-order valence-corrected chi connectivity index (χ2v) is 11.3. The molecule has 0 bridgehead atoms. The van der Waals surface area contributed by atoms with Crippen LogP contribution in [0, 0.1) is 17.8 Å². The molecule has 11 nitrogen and oxygen atoms in total. The second-order valence-electron chi connectivity index (χ2n) is 11.3. The van der Waals surface area contributed by atoms with Crippen LogP contribution < -0.4 is 10.6 Å². The van der Waals surface area contributed by atoms with Crippen LogP contribution in [0.2, 0.25) is 0 Å². The van der Waals surface area contributed by atoms with E-state index in [1.165, 1.54) is 0 Å². The van der Waals surface area contributed by atoms with Crippen LogP contribution in [-0.2, 0) is 22.6 Å². The molecule has 1 aromatic rings. The van der Waals surface area contributed by atoms with Gasteiger partial charge in [0.25, 0.3) is 5.91 Å². The number of phenolic OH excluding ortho intramolecular Hbond substituents is 1. The quantitative estimate of drug-likeness (QED) is 0.271. The summed E-state index contributed by atoms with van der Waals surface area (Å²) in [6.45, 7) is 5.98. The average molecular weight is 545 g/mol. The largest absolute Gasteiger partial charge is 0.510 e. The number of aromatic hydroxyl groups is 1. The van der Waals surface area contributed by atoms with Crippen molar-refractivity contribution in [3.05, 3.63) is 39.7 Å². The van der Waals surface area contributed by atoms with Gasteiger partial charge in [-0.25, -0.2) is 0 Å². The number of aliphatic hydroxyl groups excluding tert-OH is 2. The van der Waals surface area contributed by atoms with Crippen molar-refractivity contribution in [3.8, 4) is 5.75 Å². The van der Waals surface area contributed by atoms with Crippen molar-refractivity contribution in [3.63, 3.8) is 0 Å². The normalized spacial score (nSPS) is 26.1. The highest BCUT2D eigenvalue weighted by atomic mass is 16.5. The average Bonchev–Trinajstić information content (AvgIpc) is 2.81. The molecule has 11 heteroatoms. The van der Waals surface area contributed by atoms with Crippen LogP contribution >= 0.6 is 0 Å². The van der Waals surface area contributed by atoms with Crippen LogP contribution in [0.3, 0.4) is 0 Å². The van der Waals surface area contributed by atoms with E-state index in [0.29, 0.717) is 24.1 Å². The molecule has 1 aromatic carbocycles. The fourth-order valence-electron chi connectivity index (χ4n) is 6.87. The highest BCUT2D eigenvalue weighted by molar-refractivity contribution is 6.08. The lowest BCUT2D eigenvalue weighted by atomic mass is 9.58. The number of aliphatic hydroxyl groups is 4. The van der Waals surface area contributed by atoms with E-state index in [-0.39, 0.29) is 23.3 Å². The number of rotatable bonds is 7. The molecule has 3 aliphatic carbocycles. The highest BCUT2D eigenvalue weighted by Crippen LogP contribution is 2.54. The van der Waals surface area contributed by atoms with Crippen molar-refractivity contribution in [2.75, 3.05) is 46.2 Å². The summed E-state index contributed by atoms with van der Waals surface area (Å²) in [7, 11) is 7.05. The zero-order chi connectivity index (χ0) is 29.1. The number of carbonyl (C=O) groups excluding carboxylic acids is 2. The van der Waals surface area contributed by atoms with Gasteiger partial charge in [0.1, 0.15) is 22.8 Å². The van der Waals surface area contributed by atoms with Crippen LogP contribution in [0.4, 0.5) is 5.69 Å². The summed E-state index contributed by atoms with van der Waals surface area (Å²) in [6, 6.07) is 1.03. The Bertz CT molecular complexity index is 1260. The van der Waals surface area contributed by atoms with Gasteiger partial charge in [-0.15, -0.1) is 0 Å². The van der Waals surface area contributed by atoms with Crippen LogP contribution in [-0.4, -0.2) is 100 Å². The zero-order valence-corrected chi connectivity index (χ0v) is 23.4. The van der Waals surface area contributed by atoms with Gasteiger partial charge in [-0.2, -0.15) is 0 Å². The molecule has 4 rings (SSSR count). The minimum Gasteiger partial charge on any atom is -0.510 e. The number of nitrogens with two attached hydrogens (primary N) is 1. The van der Waals surface area contributed by atoms with Crippen LogP contribution in [0.5, 0.6) is 5.75 Å². The lowest BCUT2D eigenvalue weighted by molar-refractivity contribution is -0.203. The Hall–Kier alpha value is -3.12. The number of phenols is 1. The van der Waals surface area contributed by atoms with Gasteiger partial charge in [0.15, 0.2) is 5.78 Å². The Labute approximate surface area is 228 Å². The smallest absolute Gasteiger partial charge is 0.253 e. The van der Waals surface area contributed by atoms with E-state index in [0.717, 1.165) is 18.8 Å². The molecule has 0 saturated heterocycles. The number of anilines is 1. The summed E-state index contributed by atoms with van der Waals surface area (Å²) < 4.78 is 0. The van der Waals surface area contributed by atoms with Gasteiger partial charge in [-0.1, -0.05) is 13.8 Å². The third-order valence-electron chi connectivity index (χ3n) is 8.66. The SMILES string of the molecule is CCN(CC)Cc1cc(N(C)C)c2c(c1O)C(O)=C1C(=O)C3C(CC1C2)[C@@H](N(C)C)C(O)=C(C(N)=O)C3(O)O. The number of carbonyl (C=O) groups is 2. The van der Waals surface area contributed by atoms with E-state index >= 15 is 0 Å². The molecular formula is C28H40N4O7. The molecular weight excluding hydrogens is 504 g/mol. The van der Waals surface area contributed by atoms with Crippen molar-refractivity contribution in [2.45, 2.75) is 45.1 Å². The monoisotopic (exact) mass is 544 g/mol. The van der Waals surface area contributed by atoms with Crippen molar-refractivity contribution in [1.82, 2.24) is 9.80 Å². The van der Waals surface area contributed by atoms with Gasteiger partial charge in [0.05, 0.1) is 17.5 Å². The maximum absolute atomic E-state index is 14.0. The lowest BCUT2D eigenvalue weighted by Gasteiger charge is -2.51. The maximum atomic E-state index is 14.0. The van der Waals surface area contributed by atoms with Crippen molar-refractivity contribution in [1.29, 1.82) is 0 Å². The third-order valence-corrected chi connectivity index (χ3v) is 8.66. The Morgan fingerprint density at radius 2 is 1.72 bits per heavy atom. The number of fused-ring (bicyclic) bond motifs is 3. The number of ketones is 1. The third kappa shape index (κ3) is 4.37. The van der Waals surface area contributed by atoms with E-state index in [9.17, 15) is 35.1 Å². The number of benzene rings is 1. The summed E-state index contributed by atoms with van der Waals surface area (Å²) in [5, 5.41) is 56.1. The number of primary amides is 1. The molecule has 1 saturated carbocycles. The Kier molecular flexibility index (Phi) is 7.50. The number of allylic oxidation sites excluding steroid dienone is 1. The van der Waals surface area contributed by atoms with Gasteiger partial charge in [-0.3, -0.25) is 19.4 Å². The van der Waals surface area contributed by atoms with E-state index in [4.69, 9.17) is 5.73 Å². The first-order valence-corrected chi connectivity index (χ1v) is 13.3. The van der Waals surface area contributed by atoms with Crippen LogP contribution in [0.15, 0.2) is 23.0 Å².